The predicted octanol–water partition coefficient (Wildman–Crippen LogP) is 2.25. The minimum atomic E-state index is 0.297. The first kappa shape index (κ1) is 13.6. The molecule has 0 aromatic carbocycles. The van der Waals surface area contributed by atoms with Crippen molar-refractivity contribution in [2.45, 2.75) is 25.8 Å². The number of rotatable bonds is 4. The molecule has 5 nitrogen and oxygen atoms in total. The summed E-state index contributed by atoms with van der Waals surface area (Å²) in [7, 11) is 0. The van der Waals surface area contributed by atoms with Crippen LogP contribution in [-0.2, 0) is 0 Å². The predicted molar refractivity (Wildman–Crippen MR) is 79.8 cm³/mol. The van der Waals surface area contributed by atoms with Gasteiger partial charge in [-0.05, 0) is 25.6 Å². The zero-order valence-electron chi connectivity index (χ0n) is 11.7. The fourth-order valence-corrected chi connectivity index (χ4v) is 3.79. The average Bonchev–Trinajstić information content (AvgIpc) is 3.07. The van der Waals surface area contributed by atoms with Gasteiger partial charge in [-0.2, -0.15) is 16.7 Å². The minimum absolute atomic E-state index is 0.297. The Kier molecular flexibility index (Phi) is 4.03. The van der Waals surface area contributed by atoms with E-state index in [2.05, 4.69) is 27.4 Å². The number of aromatic nitrogens is 3. The Morgan fingerprint density at radius 1 is 1.35 bits per heavy atom. The van der Waals surface area contributed by atoms with E-state index in [1.807, 2.05) is 36.9 Å². The van der Waals surface area contributed by atoms with Crippen LogP contribution in [0.3, 0.4) is 0 Å². The number of likely N-dealkylation sites (N-methyl/N-ethyl adjacent to an activating group) is 1. The maximum Gasteiger partial charge on any atom is 0.232 e. The summed E-state index contributed by atoms with van der Waals surface area (Å²) in [6.45, 7) is 5.04. The standard InChI is InChI=1S/C14H18N4OS/c1-3-15-12-8-20-7-10(12)14-17-13(18-19-14)11-6-4-5-9(2)16-11/h4-6,10,12,15H,3,7-8H2,1-2H3. The lowest BCUT2D eigenvalue weighted by Gasteiger charge is -2.15. The molecule has 2 atom stereocenters. The van der Waals surface area contributed by atoms with Crippen LogP contribution >= 0.6 is 11.8 Å². The quantitative estimate of drug-likeness (QED) is 0.931. The molecule has 1 saturated heterocycles. The number of pyridine rings is 1. The highest BCUT2D eigenvalue weighted by molar-refractivity contribution is 7.99. The second-order valence-corrected chi connectivity index (χ2v) is 6.00. The van der Waals surface area contributed by atoms with Gasteiger partial charge in [0.2, 0.25) is 11.7 Å². The van der Waals surface area contributed by atoms with Gasteiger partial charge in [-0.15, -0.1) is 0 Å². The molecule has 1 aliphatic heterocycles. The molecule has 1 fully saturated rings. The van der Waals surface area contributed by atoms with Crippen molar-refractivity contribution in [3.05, 3.63) is 29.8 Å². The third-order valence-electron chi connectivity index (χ3n) is 3.42. The van der Waals surface area contributed by atoms with Crippen molar-refractivity contribution in [3.8, 4) is 11.5 Å². The van der Waals surface area contributed by atoms with E-state index < -0.39 is 0 Å². The van der Waals surface area contributed by atoms with Crippen molar-refractivity contribution in [2.24, 2.45) is 0 Å². The first-order valence-electron chi connectivity index (χ1n) is 6.86. The lowest BCUT2D eigenvalue weighted by atomic mass is 10.0. The van der Waals surface area contributed by atoms with Crippen LogP contribution < -0.4 is 5.32 Å². The van der Waals surface area contributed by atoms with Gasteiger partial charge < -0.3 is 9.84 Å². The van der Waals surface area contributed by atoms with Gasteiger partial charge >= 0.3 is 0 Å². The second-order valence-electron chi connectivity index (χ2n) is 4.93. The summed E-state index contributed by atoms with van der Waals surface area (Å²) in [6, 6.07) is 6.25. The molecule has 0 aliphatic carbocycles. The van der Waals surface area contributed by atoms with Gasteiger partial charge in [-0.25, -0.2) is 4.98 Å². The monoisotopic (exact) mass is 290 g/mol. The van der Waals surface area contributed by atoms with Crippen molar-refractivity contribution in [1.82, 2.24) is 20.4 Å². The maximum absolute atomic E-state index is 5.46. The van der Waals surface area contributed by atoms with E-state index in [0.717, 1.165) is 35.3 Å². The Morgan fingerprint density at radius 2 is 2.25 bits per heavy atom. The number of aryl methyl sites for hydroxylation is 1. The maximum atomic E-state index is 5.46. The van der Waals surface area contributed by atoms with Crippen LogP contribution in [0.25, 0.3) is 11.5 Å². The van der Waals surface area contributed by atoms with Gasteiger partial charge in [0, 0.05) is 23.2 Å². The van der Waals surface area contributed by atoms with Crippen LogP contribution in [0.5, 0.6) is 0 Å². The van der Waals surface area contributed by atoms with Gasteiger partial charge in [-0.3, -0.25) is 0 Å². The Labute approximate surface area is 122 Å². The number of hydrogen-bond donors (Lipinski definition) is 1. The topological polar surface area (TPSA) is 63.8 Å². The molecule has 0 spiro atoms. The molecule has 20 heavy (non-hydrogen) atoms. The summed E-state index contributed by atoms with van der Waals surface area (Å²) < 4.78 is 5.46. The van der Waals surface area contributed by atoms with Gasteiger partial charge in [0.25, 0.3) is 0 Å². The molecule has 1 aliphatic rings. The molecule has 0 saturated carbocycles. The first-order chi connectivity index (χ1) is 9.78. The van der Waals surface area contributed by atoms with Crippen LogP contribution in [0.2, 0.25) is 0 Å². The zero-order chi connectivity index (χ0) is 13.9. The third kappa shape index (κ3) is 2.71. The molecular formula is C14H18N4OS. The molecule has 0 amide bonds. The Morgan fingerprint density at radius 3 is 3.05 bits per heavy atom. The van der Waals surface area contributed by atoms with Crippen molar-refractivity contribution in [2.75, 3.05) is 18.1 Å². The molecule has 106 valence electrons. The Balaban J connectivity index is 1.83. The largest absolute Gasteiger partial charge is 0.339 e. The zero-order valence-corrected chi connectivity index (χ0v) is 12.5. The van der Waals surface area contributed by atoms with Gasteiger partial charge in [0.15, 0.2) is 0 Å². The number of nitrogens with zero attached hydrogens (tertiary/aromatic N) is 3. The third-order valence-corrected chi connectivity index (χ3v) is 4.61. The number of thioether (sulfide) groups is 1. The van der Waals surface area contributed by atoms with Crippen molar-refractivity contribution >= 4 is 11.8 Å². The number of hydrogen-bond acceptors (Lipinski definition) is 6. The molecule has 3 heterocycles. The molecule has 0 bridgehead atoms. The molecule has 3 rings (SSSR count). The average molecular weight is 290 g/mol. The molecule has 6 heteroatoms. The normalized spacial score (nSPS) is 22.3. The molecule has 2 unspecified atom stereocenters. The van der Waals surface area contributed by atoms with Gasteiger partial charge in [0.1, 0.15) is 5.69 Å². The first-order valence-corrected chi connectivity index (χ1v) is 8.02. The fourth-order valence-electron chi connectivity index (χ4n) is 2.42. The van der Waals surface area contributed by atoms with Crippen LogP contribution in [0, 0.1) is 6.92 Å². The fraction of sp³-hybridized carbons (Fsp3) is 0.500. The highest BCUT2D eigenvalue weighted by atomic mass is 32.2. The van der Waals surface area contributed by atoms with Crippen LogP contribution in [0.15, 0.2) is 22.7 Å². The van der Waals surface area contributed by atoms with Gasteiger partial charge in [0.05, 0.1) is 5.92 Å². The summed E-state index contributed by atoms with van der Waals surface area (Å²) >= 11 is 1.93. The lowest BCUT2D eigenvalue weighted by molar-refractivity contribution is 0.340. The van der Waals surface area contributed by atoms with E-state index in [0.29, 0.717) is 17.8 Å². The lowest BCUT2D eigenvalue weighted by Crippen LogP contribution is -2.34. The van der Waals surface area contributed by atoms with E-state index in [4.69, 9.17) is 4.52 Å². The van der Waals surface area contributed by atoms with Crippen LogP contribution in [0.1, 0.15) is 24.4 Å². The molecule has 0 radical (unpaired) electrons. The van der Waals surface area contributed by atoms with E-state index in [-0.39, 0.29) is 0 Å². The van der Waals surface area contributed by atoms with E-state index in [1.165, 1.54) is 0 Å². The summed E-state index contributed by atoms with van der Waals surface area (Å²) in [4.78, 5) is 8.98. The minimum Gasteiger partial charge on any atom is -0.339 e. The SMILES string of the molecule is CCNC1CSCC1c1nc(-c2cccc(C)n2)no1. The summed E-state index contributed by atoms with van der Waals surface area (Å²) in [5.41, 5.74) is 1.72. The Hall–Kier alpha value is -1.40. The highest BCUT2D eigenvalue weighted by Crippen LogP contribution is 2.32. The Bertz CT molecular complexity index is 586. The molecule has 2 aromatic rings. The highest BCUT2D eigenvalue weighted by Gasteiger charge is 2.33. The van der Waals surface area contributed by atoms with Crippen LogP contribution in [0.4, 0.5) is 0 Å². The molecular weight excluding hydrogens is 272 g/mol. The smallest absolute Gasteiger partial charge is 0.232 e. The van der Waals surface area contributed by atoms with E-state index in [9.17, 15) is 0 Å². The summed E-state index contributed by atoms with van der Waals surface area (Å²) in [5, 5.41) is 7.57. The second kappa shape index (κ2) is 5.93. The molecule has 1 N–H and O–H groups in total. The summed E-state index contributed by atoms with van der Waals surface area (Å²) in [6.07, 6.45) is 0. The van der Waals surface area contributed by atoms with Crippen LogP contribution in [-0.4, -0.2) is 39.2 Å². The number of nitrogens with one attached hydrogen (secondary N) is 1. The van der Waals surface area contributed by atoms with E-state index >= 15 is 0 Å². The van der Waals surface area contributed by atoms with Gasteiger partial charge in [-0.1, -0.05) is 18.1 Å². The van der Waals surface area contributed by atoms with Crippen molar-refractivity contribution in [3.63, 3.8) is 0 Å². The summed E-state index contributed by atoms with van der Waals surface area (Å²) in [5.74, 6) is 3.72. The van der Waals surface area contributed by atoms with Crippen molar-refractivity contribution in [1.29, 1.82) is 0 Å². The molecule has 2 aromatic heterocycles. The van der Waals surface area contributed by atoms with E-state index in [1.54, 1.807) is 0 Å². The van der Waals surface area contributed by atoms with Crippen molar-refractivity contribution < 1.29 is 4.52 Å².